The number of rotatable bonds is 4. The number of aryl methyl sites for hydroxylation is 1. The van der Waals surface area contributed by atoms with E-state index in [1.807, 2.05) is 6.92 Å². The van der Waals surface area contributed by atoms with Gasteiger partial charge < -0.3 is 0 Å². The minimum atomic E-state index is -3.98. The van der Waals surface area contributed by atoms with E-state index in [0.29, 0.717) is 15.4 Å². The Morgan fingerprint density at radius 1 is 1.16 bits per heavy atom. The van der Waals surface area contributed by atoms with Crippen LogP contribution >= 0.6 is 15.9 Å². The molecule has 0 amide bonds. The topological polar surface area (TPSA) is 79.9 Å². The molecule has 0 saturated heterocycles. The molecule has 0 aliphatic heterocycles. The third-order valence-electron chi connectivity index (χ3n) is 3.81. The van der Waals surface area contributed by atoms with Crippen LogP contribution in [-0.2, 0) is 10.0 Å². The number of fused-ring (bicyclic) bond motifs is 1. The molecular formula is C18H13BrN2O3S. The second-order valence-corrected chi connectivity index (χ2v) is 8.28. The van der Waals surface area contributed by atoms with Gasteiger partial charge in [0.05, 0.1) is 16.5 Å². The molecule has 5 nitrogen and oxygen atoms in total. The number of ketones is 1. The van der Waals surface area contributed by atoms with E-state index in [-0.39, 0.29) is 17.0 Å². The van der Waals surface area contributed by atoms with Gasteiger partial charge >= 0.3 is 0 Å². The molecule has 3 aromatic rings. The monoisotopic (exact) mass is 416 g/mol. The summed E-state index contributed by atoms with van der Waals surface area (Å²) in [6, 6.07) is 14.8. The summed E-state index contributed by atoms with van der Waals surface area (Å²) >= 11 is 3.33. The van der Waals surface area contributed by atoms with Crippen LogP contribution in [0.5, 0.6) is 0 Å². The van der Waals surface area contributed by atoms with Gasteiger partial charge in [0, 0.05) is 9.86 Å². The maximum absolute atomic E-state index is 13.2. The van der Waals surface area contributed by atoms with Crippen molar-refractivity contribution in [2.24, 2.45) is 0 Å². The SMILES string of the molecule is Cc1ccc(S(=O)(=O)n2c(C(=O)CC#N)cc3ccc(Br)cc32)cc1. The Labute approximate surface area is 153 Å². The van der Waals surface area contributed by atoms with E-state index in [1.54, 1.807) is 36.4 Å². The van der Waals surface area contributed by atoms with Crippen molar-refractivity contribution in [2.45, 2.75) is 18.2 Å². The van der Waals surface area contributed by atoms with Crippen LogP contribution < -0.4 is 0 Å². The van der Waals surface area contributed by atoms with E-state index in [9.17, 15) is 13.2 Å². The van der Waals surface area contributed by atoms with E-state index >= 15 is 0 Å². The number of nitriles is 1. The molecule has 0 saturated carbocycles. The number of aromatic nitrogens is 1. The summed E-state index contributed by atoms with van der Waals surface area (Å²) < 4.78 is 28.1. The van der Waals surface area contributed by atoms with Gasteiger partial charge in [-0.2, -0.15) is 5.26 Å². The predicted molar refractivity (Wildman–Crippen MR) is 98.0 cm³/mol. The zero-order valence-corrected chi connectivity index (χ0v) is 15.6. The van der Waals surface area contributed by atoms with Gasteiger partial charge in [0.2, 0.25) is 0 Å². The largest absolute Gasteiger partial charge is 0.291 e. The highest BCUT2D eigenvalue weighted by Gasteiger charge is 2.26. The average molecular weight is 417 g/mol. The van der Waals surface area contributed by atoms with Crippen molar-refractivity contribution >= 4 is 42.6 Å². The number of hydrogen-bond donors (Lipinski definition) is 0. The zero-order valence-electron chi connectivity index (χ0n) is 13.2. The van der Waals surface area contributed by atoms with Crippen LogP contribution in [0.25, 0.3) is 10.9 Å². The van der Waals surface area contributed by atoms with Crippen molar-refractivity contribution in [1.29, 1.82) is 5.26 Å². The molecule has 0 unspecified atom stereocenters. The zero-order chi connectivity index (χ0) is 18.2. The van der Waals surface area contributed by atoms with Gasteiger partial charge in [-0.05, 0) is 37.3 Å². The average Bonchev–Trinajstić information content (AvgIpc) is 2.95. The first-order valence-electron chi connectivity index (χ1n) is 7.38. The highest BCUT2D eigenvalue weighted by molar-refractivity contribution is 9.10. The van der Waals surface area contributed by atoms with Crippen molar-refractivity contribution in [3.05, 3.63) is 64.3 Å². The molecule has 1 aromatic heterocycles. The molecule has 0 bridgehead atoms. The number of carbonyl (C=O) groups excluding carboxylic acids is 1. The number of Topliss-reactive ketones (excluding diaryl/α,β-unsaturated/α-hetero) is 1. The number of halogens is 1. The molecule has 0 aliphatic rings. The fourth-order valence-corrected chi connectivity index (χ4v) is 4.45. The molecule has 0 aliphatic carbocycles. The third kappa shape index (κ3) is 3.11. The smallest absolute Gasteiger partial charge is 0.268 e. The normalized spacial score (nSPS) is 11.4. The summed E-state index contributed by atoms with van der Waals surface area (Å²) in [5.41, 5.74) is 1.30. The molecular weight excluding hydrogens is 404 g/mol. The Balaban J connectivity index is 2.34. The van der Waals surface area contributed by atoms with Gasteiger partial charge in [-0.3, -0.25) is 4.79 Å². The molecule has 0 fully saturated rings. The summed E-state index contributed by atoms with van der Waals surface area (Å²) in [6.45, 7) is 1.86. The van der Waals surface area contributed by atoms with Gasteiger partial charge in [0.15, 0.2) is 5.78 Å². The number of hydrogen-bond acceptors (Lipinski definition) is 4. The van der Waals surface area contributed by atoms with E-state index in [2.05, 4.69) is 15.9 Å². The van der Waals surface area contributed by atoms with Gasteiger partial charge in [-0.15, -0.1) is 0 Å². The minimum absolute atomic E-state index is 0.0183. The lowest BCUT2D eigenvalue weighted by Crippen LogP contribution is -2.18. The van der Waals surface area contributed by atoms with Crippen LogP contribution in [0.4, 0.5) is 0 Å². The lowest BCUT2D eigenvalue weighted by atomic mass is 10.2. The quantitative estimate of drug-likeness (QED) is 0.600. The standard InChI is InChI=1S/C18H13BrN2O3S/c1-12-2-6-15(7-3-12)25(23,24)21-16-11-14(19)5-4-13(16)10-17(21)18(22)8-9-20/h2-7,10-11H,8H2,1H3. The molecule has 2 aromatic carbocycles. The van der Waals surface area contributed by atoms with Crippen molar-refractivity contribution in [2.75, 3.05) is 0 Å². The van der Waals surface area contributed by atoms with Crippen LogP contribution in [0.2, 0.25) is 0 Å². The first kappa shape index (κ1) is 17.4. The van der Waals surface area contributed by atoms with E-state index < -0.39 is 15.8 Å². The molecule has 7 heteroatoms. The highest BCUT2D eigenvalue weighted by Crippen LogP contribution is 2.29. The fraction of sp³-hybridized carbons (Fsp3) is 0.111. The van der Waals surface area contributed by atoms with Crippen LogP contribution in [0.1, 0.15) is 22.5 Å². The molecule has 126 valence electrons. The minimum Gasteiger partial charge on any atom is -0.291 e. The third-order valence-corrected chi connectivity index (χ3v) is 6.04. The predicted octanol–water partition coefficient (Wildman–Crippen LogP) is 4.05. The number of benzene rings is 2. The lowest BCUT2D eigenvalue weighted by molar-refractivity contribution is 0.0992. The van der Waals surface area contributed by atoms with Crippen LogP contribution in [-0.4, -0.2) is 18.2 Å². The Hall–Kier alpha value is -2.43. The van der Waals surface area contributed by atoms with Crippen molar-refractivity contribution in [3.8, 4) is 6.07 Å². The molecule has 3 rings (SSSR count). The first-order chi connectivity index (χ1) is 11.8. The Morgan fingerprint density at radius 3 is 2.48 bits per heavy atom. The van der Waals surface area contributed by atoms with Crippen LogP contribution in [0.3, 0.4) is 0 Å². The maximum Gasteiger partial charge on any atom is 0.268 e. The van der Waals surface area contributed by atoms with Crippen LogP contribution in [0.15, 0.2) is 57.9 Å². The summed E-state index contributed by atoms with van der Waals surface area (Å²) in [5, 5.41) is 9.43. The summed E-state index contributed by atoms with van der Waals surface area (Å²) in [4.78, 5) is 12.4. The van der Waals surface area contributed by atoms with Gasteiger partial charge in [-0.25, -0.2) is 12.4 Å². The second kappa shape index (κ2) is 6.47. The maximum atomic E-state index is 13.2. The lowest BCUT2D eigenvalue weighted by Gasteiger charge is -2.11. The molecule has 0 N–H and O–H groups in total. The van der Waals surface area contributed by atoms with Gasteiger partial charge in [0.25, 0.3) is 10.0 Å². The fourth-order valence-electron chi connectivity index (χ4n) is 2.58. The van der Waals surface area contributed by atoms with E-state index in [0.717, 1.165) is 9.54 Å². The van der Waals surface area contributed by atoms with E-state index in [4.69, 9.17) is 5.26 Å². The molecule has 0 radical (unpaired) electrons. The van der Waals surface area contributed by atoms with Crippen molar-refractivity contribution in [1.82, 2.24) is 3.97 Å². The first-order valence-corrected chi connectivity index (χ1v) is 9.61. The van der Waals surface area contributed by atoms with E-state index in [1.165, 1.54) is 18.2 Å². The molecule has 0 spiro atoms. The Morgan fingerprint density at radius 2 is 1.84 bits per heavy atom. The summed E-state index contributed by atoms with van der Waals surface area (Å²) in [7, 11) is -3.98. The van der Waals surface area contributed by atoms with Crippen molar-refractivity contribution < 1.29 is 13.2 Å². The summed E-state index contributed by atoms with van der Waals surface area (Å²) in [5.74, 6) is -0.537. The Kier molecular flexibility index (Phi) is 4.50. The molecule has 0 atom stereocenters. The highest BCUT2D eigenvalue weighted by atomic mass is 79.9. The Bertz CT molecular complexity index is 1120. The summed E-state index contributed by atoms with van der Waals surface area (Å²) in [6.07, 6.45) is -0.388. The molecule has 1 heterocycles. The van der Waals surface area contributed by atoms with Crippen molar-refractivity contribution in [3.63, 3.8) is 0 Å². The van der Waals surface area contributed by atoms with Gasteiger partial charge in [-0.1, -0.05) is 39.7 Å². The molecule has 25 heavy (non-hydrogen) atoms. The number of nitrogens with zero attached hydrogens (tertiary/aromatic N) is 2. The number of carbonyl (C=O) groups is 1. The second-order valence-electron chi connectivity index (χ2n) is 5.57. The van der Waals surface area contributed by atoms with Crippen LogP contribution in [0, 0.1) is 18.3 Å². The van der Waals surface area contributed by atoms with Gasteiger partial charge in [0.1, 0.15) is 12.1 Å².